The Balaban J connectivity index is 1.59. The molecule has 126 valence electrons. The van der Waals surface area contributed by atoms with Gasteiger partial charge in [0.05, 0.1) is 12.3 Å². The van der Waals surface area contributed by atoms with Crippen molar-refractivity contribution >= 4 is 17.5 Å². The van der Waals surface area contributed by atoms with Gasteiger partial charge in [0.15, 0.2) is 11.5 Å². The lowest BCUT2D eigenvalue weighted by Gasteiger charge is -2.14. The fourth-order valence-electron chi connectivity index (χ4n) is 2.57. The van der Waals surface area contributed by atoms with Gasteiger partial charge >= 0.3 is 0 Å². The smallest absolute Gasteiger partial charge is 0.231 e. The quantitative estimate of drug-likeness (QED) is 0.751. The number of aliphatic hydroxyl groups is 1. The van der Waals surface area contributed by atoms with Gasteiger partial charge in [-0.25, -0.2) is 4.98 Å². The van der Waals surface area contributed by atoms with Crippen LogP contribution in [-0.4, -0.2) is 34.5 Å². The molecule has 2 aromatic rings. The van der Waals surface area contributed by atoms with E-state index in [0.29, 0.717) is 11.9 Å². The molecule has 2 aliphatic rings. The van der Waals surface area contributed by atoms with E-state index in [9.17, 15) is 5.11 Å². The minimum atomic E-state index is -0.0992. The maximum absolute atomic E-state index is 9.22. The lowest BCUT2D eigenvalue weighted by atomic mass is 10.2. The van der Waals surface area contributed by atoms with Gasteiger partial charge in [-0.1, -0.05) is 0 Å². The highest BCUT2D eigenvalue weighted by molar-refractivity contribution is 5.63. The first kappa shape index (κ1) is 15.0. The molecular formula is C17H20N4O3. The fourth-order valence-corrected chi connectivity index (χ4v) is 2.57. The van der Waals surface area contributed by atoms with Crippen molar-refractivity contribution in [2.75, 3.05) is 24.0 Å². The molecule has 2 heterocycles. The van der Waals surface area contributed by atoms with Crippen molar-refractivity contribution in [2.45, 2.75) is 31.7 Å². The second-order valence-corrected chi connectivity index (χ2v) is 6.20. The number of nitrogens with one attached hydrogen (secondary N) is 2. The number of fused-ring (bicyclic) bond motifs is 1. The van der Waals surface area contributed by atoms with Gasteiger partial charge in [-0.15, -0.1) is 0 Å². The number of rotatable bonds is 6. The number of benzene rings is 1. The van der Waals surface area contributed by atoms with E-state index in [-0.39, 0.29) is 19.4 Å². The molecule has 24 heavy (non-hydrogen) atoms. The van der Waals surface area contributed by atoms with Gasteiger partial charge in [-0.2, -0.15) is 4.98 Å². The van der Waals surface area contributed by atoms with Gasteiger partial charge in [-0.3, -0.25) is 0 Å². The molecule has 1 fully saturated rings. The minimum absolute atomic E-state index is 0.0297. The Hall–Kier alpha value is -2.54. The highest BCUT2D eigenvalue weighted by Crippen LogP contribution is 2.40. The monoisotopic (exact) mass is 328 g/mol. The van der Waals surface area contributed by atoms with E-state index in [1.165, 1.54) is 0 Å². The highest BCUT2D eigenvalue weighted by atomic mass is 16.7. The number of nitrogens with zero attached hydrogens (tertiary/aromatic N) is 2. The van der Waals surface area contributed by atoms with Crippen molar-refractivity contribution < 1.29 is 14.6 Å². The molecule has 0 bridgehead atoms. The van der Waals surface area contributed by atoms with Crippen LogP contribution in [0.3, 0.4) is 0 Å². The Morgan fingerprint density at radius 3 is 2.83 bits per heavy atom. The topological polar surface area (TPSA) is 88.5 Å². The van der Waals surface area contributed by atoms with Gasteiger partial charge in [0, 0.05) is 29.8 Å². The van der Waals surface area contributed by atoms with Gasteiger partial charge in [0.1, 0.15) is 5.82 Å². The van der Waals surface area contributed by atoms with Crippen LogP contribution >= 0.6 is 0 Å². The maximum Gasteiger partial charge on any atom is 0.231 e. The molecule has 0 spiro atoms. The summed E-state index contributed by atoms with van der Waals surface area (Å²) >= 11 is 0. The van der Waals surface area contributed by atoms with Crippen LogP contribution in [0.4, 0.5) is 17.5 Å². The van der Waals surface area contributed by atoms with E-state index < -0.39 is 0 Å². The lowest BCUT2D eigenvalue weighted by Crippen LogP contribution is -2.21. The van der Waals surface area contributed by atoms with Crippen LogP contribution in [0.5, 0.6) is 11.5 Å². The average Bonchev–Trinajstić information content (AvgIpc) is 3.33. The molecule has 0 unspecified atom stereocenters. The zero-order chi connectivity index (χ0) is 16.5. The summed E-state index contributed by atoms with van der Waals surface area (Å²) in [6, 6.07) is 7.58. The SMILES string of the molecule is C[C@H](CO)Nc1nc(Nc2ccc3c(c2)OCO3)cc(C2CC2)n1. The second-order valence-electron chi connectivity index (χ2n) is 6.20. The summed E-state index contributed by atoms with van der Waals surface area (Å²) in [4.78, 5) is 9.07. The normalized spacial score (nSPS) is 16.8. The molecule has 1 aromatic carbocycles. The number of anilines is 3. The largest absolute Gasteiger partial charge is 0.454 e. The molecule has 1 aliphatic heterocycles. The third-order valence-electron chi connectivity index (χ3n) is 4.04. The van der Waals surface area contributed by atoms with E-state index in [0.717, 1.165) is 41.5 Å². The summed E-state index contributed by atoms with van der Waals surface area (Å²) < 4.78 is 10.7. The summed E-state index contributed by atoms with van der Waals surface area (Å²) in [6.45, 7) is 2.17. The van der Waals surface area contributed by atoms with Crippen LogP contribution in [0.2, 0.25) is 0 Å². The Morgan fingerprint density at radius 2 is 2.04 bits per heavy atom. The van der Waals surface area contributed by atoms with Crippen LogP contribution in [0.25, 0.3) is 0 Å². The summed E-state index contributed by atoms with van der Waals surface area (Å²) in [5, 5.41) is 15.6. The molecular weight excluding hydrogens is 308 g/mol. The number of ether oxygens (including phenoxy) is 2. The van der Waals surface area contributed by atoms with Gasteiger partial charge in [0.25, 0.3) is 0 Å². The summed E-state index contributed by atoms with van der Waals surface area (Å²) in [5.74, 6) is 3.24. The number of hydrogen-bond donors (Lipinski definition) is 3. The Kier molecular flexibility index (Phi) is 3.86. The first-order valence-electron chi connectivity index (χ1n) is 8.14. The second kappa shape index (κ2) is 6.16. The van der Waals surface area contributed by atoms with Gasteiger partial charge < -0.3 is 25.2 Å². The molecule has 0 radical (unpaired) electrons. The van der Waals surface area contributed by atoms with E-state index in [1.807, 2.05) is 31.2 Å². The molecule has 1 saturated carbocycles. The predicted molar refractivity (Wildman–Crippen MR) is 90.0 cm³/mol. The van der Waals surface area contributed by atoms with Gasteiger partial charge in [-0.05, 0) is 31.9 Å². The van der Waals surface area contributed by atoms with Crippen LogP contribution in [0, 0.1) is 0 Å². The van der Waals surface area contributed by atoms with E-state index >= 15 is 0 Å². The van der Waals surface area contributed by atoms with Crippen LogP contribution < -0.4 is 20.1 Å². The van der Waals surface area contributed by atoms with Crippen molar-refractivity contribution in [2.24, 2.45) is 0 Å². The summed E-state index contributed by atoms with van der Waals surface area (Å²) in [6.07, 6.45) is 2.32. The van der Waals surface area contributed by atoms with Crippen LogP contribution in [0.15, 0.2) is 24.3 Å². The third-order valence-corrected chi connectivity index (χ3v) is 4.04. The molecule has 1 aliphatic carbocycles. The van der Waals surface area contributed by atoms with Crippen molar-refractivity contribution in [1.82, 2.24) is 9.97 Å². The maximum atomic E-state index is 9.22. The number of aliphatic hydroxyl groups excluding tert-OH is 1. The molecule has 7 nitrogen and oxygen atoms in total. The zero-order valence-corrected chi connectivity index (χ0v) is 13.5. The summed E-state index contributed by atoms with van der Waals surface area (Å²) in [5.41, 5.74) is 1.90. The fraction of sp³-hybridized carbons (Fsp3) is 0.412. The molecule has 7 heteroatoms. The summed E-state index contributed by atoms with van der Waals surface area (Å²) in [7, 11) is 0. The Bertz CT molecular complexity index is 749. The minimum Gasteiger partial charge on any atom is -0.454 e. The molecule has 0 saturated heterocycles. The number of aromatic nitrogens is 2. The van der Waals surface area contributed by atoms with Crippen LogP contribution in [-0.2, 0) is 0 Å². The zero-order valence-electron chi connectivity index (χ0n) is 13.5. The van der Waals surface area contributed by atoms with Crippen LogP contribution in [0.1, 0.15) is 31.4 Å². The molecule has 4 rings (SSSR count). The number of hydrogen-bond acceptors (Lipinski definition) is 7. The van der Waals surface area contributed by atoms with Crippen molar-refractivity contribution in [1.29, 1.82) is 0 Å². The Labute approximate surface area is 140 Å². The van der Waals surface area contributed by atoms with E-state index in [4.69, 9.17) is 9.47 Å². The van der Waals surface area contributed by atoms with E-state index in [1.54, 1.807) is 0 Å². The first-order valence-corrected chi connectivity index (χ1v) is 8.14. The molecule has 0 amide bonds. The predicted octanol–water partition coefficient (Wildman–Crippen LogP) is 2.62. The van der Waals surface area contributed by atoms with Crippen molar-refractivity contribution in [3.8, 4) is 11.5 Å². The molecule has 1 aromatic heterocycles. The molecule has 1 atom stereocenters. The first-order chi connectivity index (χ1) is 11.7. The van der Waals surface area contributed by atoms with E-state index in [2.05, 4.69) is 20.6 Å². The standard InChI is InChI=1S/C17H20N4O3/c1-10(8-22)18-17-20-13(11-2-3-11)7-16(21-17)19-12-4-5-14-15(6-12)24-9-23-14/h4-7,10-11,22H,2-3,8-9H2,1H3,(H2,18,19,20,21)/t10-/m1/s1. The van der Waals surface area contributed by atoms with Gasteiger partial charge in [0.2, 0.25) is 12.7 Å². The lowest BCUT2D eigenvalue weighted by molar-refractivity contribution is 0.174. The average molecular weight is 328 g/mol. The van der Waals surface area contributed by atoms with Crippen molar-refractivity contribution in [3.05, 3.63) is 30.0 Å². The highest BCUT2D eigenvalue weighted by Gasteiger charge is 2.26. The Morgan fingerprint density at radius 1 is 1.21 bits per heavy atom. The molecule has 3 N–H and O–H groups in total. The third kappa shape index (κ3) is 3.21. The van der Waals surface area contributed by atoms with Crippen molar-refractivity contribution in [3.63, 3.8) is 0 Å².